The van der Waals surface area contributed by atoms with E-state index in [9.17, 15) is 4.79 Å². The maximum absolute atomic E-state index is 11.9. The predicted molar refractivity (Wildman–Crippen MR) is 97.8 cm³/mol. The van der Waals surface area contributed by atoms with E-state index in [-0.39, 0.29) is 6.03 Å². The van der Waals surface area contributed by atoms with Gasteiger partial charge in [0.05, 0.1) is 0 Å². The first-order valence-corrected chi connectivity index (χ1v) is 9.19. The molecule has 0 bridgehead atoms. The highest BCUT2D eigenvalue weighted by Gasteiger charge is 2.28. The number of urea groups is 1. The monoisotopic (exact) mass is 327 g/mol. The Bertz CT molecular complexity index is 567. The van der Waals surface area contributed by atoms with Crippen molar-refractivity contribution in [1.82, 2.24) is 16.0 Å². The molecule has 0 spiro atoms. The molecular weight excluding hydrogens is 298 g/mol. The molecule has 2 amide bonds. The molecule has 4 nitrogen and oxygen atoms in total. The molecule has 3 N–H and O–H groups in total. The molecule has 0 aromatic heterocycles. The number of hydrogen-bond acceptors (Lipinski definition) is 2. The first-order chi connectivity index (χ1) is 11.7. The van der Waals surface area contributed by atoms with E-state index in [0.717, 1.165) is 31.0 Å². The second-order valence-electron chi connectivity index (χ2n) is 7.13. The van der Waals surface area contributed by atoms with Crippen LogP contribution in [-0.2, 0) is 6.54 Å². The van der Waals surface area contributed by atoms with Gasteiger partial charge in [-0.05, 0) is 56.6 Å². The molecule has 2 aliphatic rings. The van der Waals surface area contributed by atoms with Crippen LogP contribution in [0, 0.1) is 18.8 Å². The molecular formula is C20H29N3O. The SMILES string of the molecule is Cc1ccc(CNC(=O)NCCC2C=CC3CCCNC3C2)cc1. The molecule has 3 rings (SSSR count). The van der Waals surface area contributed by atoms with Crippen molar-refractivity contribution in [3.8, 4) is 0 Å². The van der Waals surface area contributed by atoms with Crippen LogP contribution in [0.4, 0.5) is 4.79 Å². The normalized spacial score (nSPS) is 25.8. The molecule has 4 heteroatoms. The Morgan fingerprint density at radius 2 is 2.04 bits per heavy atom. The minimum absolute atomic E-state index is 0.0796. The van der Waals surface area contributed by atoms with Crippen molar-refractivity contribution in [3.63, 3.8) is 0 Å². The van der Waals surface area contributed by atoms with E-state index in [1.165, 1.54) is 24.8 Å². The lowest BCUT2D eigenvalue weighted by Crippen LogP contribution is -2.43. The van der Waals surface area contributed by atoms with E-state index in [4.69, 9.17) is 0 Å². The maximum atomic E-state index is 11.9. The van der Waals surface area contributed by atoms with Crippen LogP contribution in [0.1, 0.15) is 36.8 Å². The van der Waals surface area contributed by atoms with Crippen molar-refractivity contribution < 1.29 is 4.79 Å². The average Bonchev–Trinajstić information content (AvgIpc) is 2.61. The number of nitrogens with one attached hydrogen (secondary N) is 3. The van der Waals surface area contributed by atoms with Crippen molar-refractivity contribution in [2.24, 2.45) is 11.8 Å². The Hall–Kier alpha value is -1.81. The number of fused-ring (bicyclic) bond motifs is 1. The van der Waals surface area contributed by atoms with Crippen LogP contribution in [-0.4, -0.2) is 25.2 Å². The second kappa shape index (κ2) is 8.34. The van der Waals surface area contributed by atoms with E-state index in [1.807, 2.05) is 0 Å². The Kier molecular flexibility index (Phi) is 5.91. The maximum Gasteiger partial charge on any atom is 0.315 e. The van der Waals surface area contributed by atoms with Crippen LogP contribution in [0.5, 0.6) is 0 Å². The molecule has 1 fully saturated rings. The zero-order chi connectivity index (χ0) is 16.8. The van der Waals surface area contributed by atoms with Gasteiger partial charge in [-0.1, -0.05) is 42.0 Å². The van der Waals surface area contributed by atoms with Crippen molar-refractivity contribution in [1.29, 1.82) is 0 Å². The number of allylic oxidation sites excluding steroid dienone is 1. The first kappa shape index (κ1) is 17.0. The average molecular weight is 327 g/mol. The molecule has 0 saturated carbocycles. The van der Waals surface area contributed by atoms with Crippen LogP contribution >= 0.6 is 0 Å². The van der Waals surface area contributed by atoms with Gasteiger partial charge in [0.15, 0.2) is 0 Å². The van der Waals surface area contributed by atoms with Gasteiger partial charge in [0.25, 0.3) is 0 Å². The zero-order valence-electron chi connectivity index (χ0n) is 14.6. The number of benzene rings is 1. The highest BCUT2D eigenvalue weighted by atomic mass is 16.2. The molecule has 130 valence electrons. The zero-order valence-corrected chi connectivity index (χ0v) is 14.6. The number of amides is 2. The minimum atomic E-state index is -0.0796. The standard InChI is InChI=1S/C20H29N3O/c1-15-4-6-17(7-5-15)14-23-20(24)22-12-10-16-8-9-18-3-2-11-21-19(18)13-16/h4-9,16,18-19,21H,2-3,10-14H2,1H3,(H2,22,23,24). The number of rotatable bonds is 5. The van der Waals surface area contributed by atoms with Gasteiger partial charge < -0.3 is 16.0 Å². The quantitative estimate of drug-likeness (QED) is 0.728. The van der Waals surface area contributed by atoms with Crippen molar-refractivity contribution >= 4 is 6.03 Å². The molecule has 1 aromatic carbocycles. The molecule has 1 aliphatic heterocycles. The third-order valence-electron chi connectivity index (χ3n) is 5.20. The number of carbonyl (C=O) groups is 1. The smallest absolute Gasteiger partial charge is 0.315 e. The summed E-state index contributed by atoms with van der Waals surface area (Å²) >= 11 is 0. The second-order valence-corrected chi connectivity index (χ2v) is 7.13. The third kappa shape index (κ3) is 4.84. The summed E-state index contributed by atoms with van der Waals surface area (Å²) in [6, 6.07) is 8.80. The third-order valence-corrected chi connectivity index (χ3v) is 5.20. The summed E-state index contributed by atoms with van der Waals surface area (Å²) < 4.78 is 0. The highest BCUT2D eigenvalue weighted by molar-refractivity contribution is 5.73. The van der Waals surface area contributed by atoms with E-state index in [2.05, 4.69) is 59.3 Å². The van der Waals surface area contributed by atoms with Crippen LogP contribution in [0.25, 0.3) is 0 Å². The molecule has 3 unspecified atom stereocenters. The largest absolute Gasteiger partial charge is 0.338 e. The topological polar surface area (TPSA) is 53.2 Å². The Balaban J connectivity index is 1.34. The molecule has 1 aromatic rings. The van der Waals surface area contributed by atoms with Crippen molar-refractivity contribution in [2.45, 2.75) is 45.2 Å². The summed E-state index contributed by atoms with van der Waals surface area (Å²) in [4.78, 5) is 11.9. The molecule has 3 atom stereocenters. The summed E-state index contributed by atoms with van der Waals surface area (Å²) in [7, 11) is 0. The molecule has 1 saturated heterocycles. The Morgan fingerprint density at radius 1 is 1.21 bits per heavy atom. The van der Waals surface area contributed by atoms with E-state index in [1.54, 1.807) is 0 Å². The van der Waals surface area contributed by atoms with Crippen LogP contribution < -0.4 is 16.0 Å². The molecule has 24 heavy (non-hydrogen) atoms. The number of hydrogen-bond donors (Lipinski definition) is 3. The fourth-order valence-electron chi connectivity index (χ4n) is 3.71. The summed E-state index contributed by atoms with van der Waals surface area (Å²) in [5.74, 6) is 1.30. The fraction of sp³-hybridized carbons (Fsp3) is 0.550. The summed E-state index contributed by atoms with van der Waals surface area (Å²) in [5, 5.41) is 9.54. The van der Waals surface area contributed by atoms with E-state index in [0.29, 0.717) is 18.5 Å². The molecule has 1 aliphatic carbocycles. The Morgan fingerprint density at radius 3 is 2.88 bits per heavy atom. The van der Waals surface area contributed by atoms with Crippen LogP contribution in [0.2, 0.25) is 0 Å². The van der Waals surface area contributed by atoms with E-state index >= 15 is 0 Å². The van der Waals surface area contributed by atoms with Crippen LogP contribution in [0.15, 0.2) is 36.4 Å². The lowest BCUT2D eigenvalue weighted by molar-refractivity contribution is 0.238. The van der Waals surface area contributed by atoms with Gasteiger partial charge >= 0.3 is 6.03 Å². The first-order valence-electron chi connectivity index (χ1n) is 9.19. The van der Waals surface area contributed by atoms with Gasteiger partial charge in [-0.25, -0.2) is 4.79 Å². The minimum Gasteiger partial charge on any atom is -0.338 e. The summed E-state index contributed by atoms with van der Waals surface area (Å²) in [6.45, 7) is 4.52. The lowest BCUT2D eigenvalue weighted by atomic mass is 9.79. The van der Waals surface area contributed by atoms with Gasteiger partial charge in [-0.2, -0.15) is 0 Å². The van der Waals surface area contributed by atoms with Crippen molar-refractivity contribution in [3.05, 3.63) is 47.5 Å². The Labute approximate surface area is 145 Å². The van der Waals surface area contributed by atoms with Gasteiger partial charge in [-0.15, -0.1) is 0 Å². The number of piperidine rings is 1. The van der Waals surface area contributed by atoms with Crippen molar-refractivity contribution in [2.75, 3.05) is 13.1 Å². The van der Waals surface area contributed by atoms with Gasteiger partial charge in [-0.3, -0.25) is 0 Å². The predicted octanol–water partition coefficient (Wildman–Crippen LogP) is 3.13. The van der Waals surface area contributed by atoms with Crippen LogP contribution in [0.3, 0.4) is 0 Å². The van der Waals surface area contributed by atoms with Gasteiger partial charge in [0, 0.05) is 19.1 Å². The van der Waals surface area contributed by atoms with E-state index < -0.39 is 0 Å². The molecule has 1 heterocycles. The summed E-state index contributed by atoms with van der Waals surface area (Å²) in [5.41, 5.74) is 2.36. The van der Waals surface area contributed by atoms with Gasteiger partial charge in [0.2, 0.25) is 0 Å². The number of carbonyl (C=O) groups excluding carboxylic acids is 1. The fourth-order valence-corrected chi connectivity index (χ4v) is 3.71. The highest BCUT2D eigenvalue weighted by Crippen LogP contribution is 2.29. The molecule has 0 radical (unpaired) electrons. The van der Waals surface area contributed by atoms with Gasteiger partial charge in [0.1, 0.15) is 0 Å². The lowest BCUT2D eigenvalue weighted by Gasteiger charge is -2.36. The summed E-state index contributed by atoms with van der Waals surface area (Å²) in [6.07, 6.45) is 9.58. The number of aryl methyl sites for hydroxylation is 1.